The summed E-state index contributed by atoms with van der Waals surface area (Å²) in [6, 6.07) is 16.8. The van der Waals surface area contributed by atoms with Gasteiger partial charge in [0.05, 0.1) is 28.8 Å². The van der Waals surface area contributed by atoms with Gasteiger partial charge in [-0.05, 0) is 99.0 Å². The number of imide groups is 1. The number of piperidine rings is 2. The van der Waals surface area contributed by atoms with Gasteiger partial charge in [-0.3, -0.25) is 28.7 Å². The van der Waals surface area contributed by atoms with E-state index in [4.69, 9.17) is 0 Å². The van der Waals surface area contributed by atoms with Gasteiger partial charge in [-0.25, -0.2) is 9.99 Å². The second-order valence-electron chi connectivity index (χ2n) is 13.7. The molecule has 2 aromatic carbocycles. The standard InChI is InChI=1S/C39H38N6O4/c1-25-12-14-27(22-41-25)43-24-42-33-15-13-26(20-31(33)37(43)48)21-39(17-5-2-6-18-39)32-23-40-19-16-30(32)36-28-8-3-4-9-29(28)38(49)45(36)44-34(46)10-7-11-35(44)47/h2-6,8-9,12-15,17,20,22,24,30,32,36,40H,7,10-11,16,18-19,21,23H2,1H3. The maximum Gasteiger partial charge on any atom is 0.273 e. The predicted molar refractivity (Wildman–Crippen MR) is 184 cm³/mol. The maximum absolute atomic E-state index is 14.1. The summed E-state index contributed by atoms with van der Waals surface area (Å²) in [6.07, 6.45) is 15.0. The van der Waals surface area contributed by atoms with Crippen LogP contribution in [0.3, 0.4) is 0 Å². The number of hydrogen-bond donors (Lipinski definition) is 1. The van der Waals surface area contributed by atoms with Crippen LogP contribution in [0.15, 0.2) is 96.2 Å². The Morgan fingerprint density at radius 2 is 1.80 bits per heavy atom. The van der Waals surface area contributed by atoms with Crippen LogP contribution in [0.1, 0.15) is 65.3 Å². The van der Waals surface area contributed by atoms with Crippen molar-refractivity contribution < 1.29 is 14.4 Å². The van der Waals surface area contributed by atoms with E-state index in [-0.39, 0.29) is 53.4 Å². The fourth-order valence-electron chi connectivity index (χ4n) is 8.49. The van der Waals surface area contributed by atoms with Crippen LogP contribution in [-0.2, 0) is 16.0 Å². The van der Waals surface area contributed by atoms with Crippen LogP contribution in [0.2, 0.25) is 0 Å². The van der Waals surface area contributed by atoms with Gasteiger partial charge in [-0.2, -0.15) is 5.01 Å². The molecule has 3 aliphatic heterocycles. The number of nitrogens with zero attached hydrogens (tertiary/aromatic N) is 5. The van der Waals surface area contributed by atoms with Crippen molar-refractivity contribution in [1.82, 2.24) is 29.9 Å². The molecule has 0 spiro atoms. The number of fused-ring (bicyclic) bond motifs is 2. The monoisotopic (exact) mass is 654 g/mol. The number of allylic oxidation sites excluding steroid dienone is 4. The molecule has 4 aliphatic rings. The molecule has 10 nitrogen and oxygen atoms in total. The van der Waals surface area contributed by atoms with Gasteiger partial charge < -0.3 is 5.32 Å². The van der Waals surface area contributed by atoms with E-state index in [1.54, 1.807) is 18.6 Å². The second kappa shape index (κ2) is 12.3. The highest BCUT2D eigenvalue weighted by molar-refractivity contribution is 6.05. The zero-order valence-electron chi connectivity index (χ0n) is 27.4. The number of aryl methyl sites for hydroxylation is 1. The van der Waals surface area contributed by atoms with Crippen molar-refractivity contribution in [2.45, 2.75) is 51.5 Å². The highest BCUT2D eigenvalue weighted by atomic mass is 16.2. The molecule has 1 N–H and O–H groups in total. The molecule has 2 saturated heterocycles. The minimum Gasteiger partial charge on any atom is -0.316 e. The first-order valence-electron chi connectivity index (χ1n) is 17.1. The fraction of sp³-hybridized carbons (Fsp3) is 0.333. The van der Waals surface area contributed by atoms with Crippen molar-refractivity contribution in [2.24, 2.45) is 17.3 Å². The molecule has 248 valence electrons. The molecule has 4 atom stereocenters. The third-order valence-corrected chi connectivity index (χ3v) is 10.8. The van der Waals surface area contributed by atoms with Crippen LogP contribution < -0.4 is 10.9 Å². The first-order chi connectivity index (χ1) is 23.8. The van der Waals surface area contributed by atoms with Crippen LogP contribution in [0, 0.1) is 24.2 Å². The molecular formula is C39H38N6O4. The third-order valence-electron chi connectivity index (χ3n) is 10.8. The highest BCUT2D eigenvalue weighted by Crippen LogP contribution is 2.52. The number of aromatic nitrogens is 3. The first-order valence-corrected chi connectivity index (χ1v) is 17.1. The lowest BCUT2D eigenvalue weighted by molar-refractivity contribution is -0.169. The minimum absolute atomic E-state index is 0.0313. The van der Waals surface area contributed by atoms with Crippen molar-refractivity contribution in [3.63, 3.8) is 0 Å². The SMILES string of the molecule is Cc1ccc(-n2cnc3ccc(CC4(C5CNCCC5C5c6ccccc6C(=O)N5N5C(=O)CCCC5=O)C=CC=CC4)cc3c2=O)cn1. The number of hydrazine groups is 1. The molecular weight excluding hydrogens is 616 g/mol. The molecule has 8 rings (SSSR count). The molecule has 10 heteroatoms. The lowest BCUT2D eigenvalue weighted by Crippen LogP contribution is -2.57. The van der Waals surface area contributed by atoms with E-state index in [0.29, 0.717) is 41.5 Å². The van der Waals surface area contributed by atoms with E-state index in [2.05, 4.69) is 45.7 Å². The quantitative estimate of drug-likeness (QED) is 0.291. The summed E-state index contributed by atoms with van der Waals surface area (Å²) >= 11 is 0. The molecule has 0 radical (unpaired) electrons. The largest absolute Gasteiger partial charge is 0.316 e. The van der Waals surface area contributed by atoms with E-state index in [0.717, 1.165) is 41.2 Å². The van der Waals surface area contributed by atoms with Crippen LogP contribution in [0.4, 0.5) is 0 Å². The fourth-order valence-corrected chi connectivity index (χ4v) is 8.49. The number of amides is 3. The normalized spacial score (nSPS) is 25.3. The average molecular weight is 655 g/mol. The molecule has 0 saturated carbocycles. The van der Waals surface area contributed by atoms with E-state index in [1.807, 2.05) is 49.4 Å². The summed E-state index contributed by atoms with van der Waals surface area (Å²) in [6.45, 7) is 3.37. The zero-order chi connectivity index (χ0) is 33.7. The molecule has 1 aliphatic carbocycles. The molecule has 3 amide bonds. The maximum atomic E-state index is 14.1. The number of nitrogens with one attached hydrogen (secondary N) is 1. The number of carbonyl (C=O) groups excluding carboxylic acids is 3. The Balaban J connectivity index is 1.20. The Bertz CT molecular complexity index is 2090. The molecule has 4 aromatic rings. The van der Waals surface area contributed by atoms with E-state index in [9.17, 15) is 19.2 Å². The zero-order valence-corrected chi connectivity index (χ0v) is 27.4. The molecule has 2 fully saturated rings. The molecule has 5 heterocycles. The van der Waals surface area contributed by atoms with Crippen LogP contribution in [0.5, 0.6) is 0 Å². The Morgan fingerprint density at radius 3 is 2.57 bits per heavy atom. The van der Waals surface area contributed by atoms with Crippen LogP contribution in [0.25, 0.3) is 16.6 Å². The number of carbonyl (C=O) groups is 3. The summed E-state index contributed by atoms with van der Waals surface area (Å²) in [4.78, 5) is 63.5. The number of benzene rings is 2. The molecule has 4 unspecified atom stereocenters. The predicted octanol–water partition coefficient (Wildman–Crippen LogP) is 5.01. The summed E-state index contributed by atoms with van der Waals surface area (Å²) in [5, 5.41) is 6.82. The molecule has 0 bridgehead atoms. The molecule has 2 aromatic heterocycles. The van der Waals surface area contributed by atoms with Gasteiger partial charge in [-0.15, -0.1) is 0 Å². The summed E-state index contributed by atoms with van der Waals surface area (Å²) in [7, 11) is 0. The van der Waals surface area contributed by atoms with Crippen molar-refractivity contribution in [2.75, 3.05) is 13.1 Å². The van der Waals surface area contributed by atoms with Crippen molar-refractivity contribution in [1.29, 1.82) is 0 Å². The summed E-state index contributed by atoms with van der Waals surface area (Å²) in [5.74, 6) is -0.957. The van der Waals surface area contributed by atoms with Gasteiger partial charge in [0.25, 0.3) is 11.5 Å². The Hall–Kier alpha value is -5.22. The van der Waals surface area contributed by atoms with Gasteiger partial charge >= 0.3 is 0 Å². The van der Waals surface area contributed by atoms with Crippen molar-refractivity contribution in [3.05, 3.63) is 124 Å². The van der Waals surface area contributed by atoms with Crippen LogP contribution in [-0.4, -0.2) is 55.4 Å². The van der Waals surface area contributed by atoms with Gasteiger partial charge in [-0.1, -0.05) is 48.6 Å². The summed E-state index contributed by atoms with van der Waals surface area (Å²) < 4.78 is 1.53. The van der Waals surface area contributed by atoms with E-state index >= 15 is 0 Å². The number of rotatable bonds is 6. The lowest BCUT2D eigenvalue weighted by atomic mass is 9.60. The van der Waals surface area contributed by atoms with Crippen molar-refractivity contribution >= 4 is 28.6 Å². The minimum atomic E-state index is -0.464. The summed E-state index contributed by atoms with van der Waals surface area (Å²) in [5.41, 5.74) is 4.05. The van der Waals surface area contributed by atoms with Crippen molar-refractivity contribution in [3.8, 4) is 5.69 Å². The smallest absolute Gasteiger partial charge is 0.273 e. The van der Waals surface area contributed by atoms with E-state index < -0.39 is 6.04 Å². The Morgan fingerprint density at radius 1 is 0.959 bits per heavy atom. The average Bonchev–Trinajstić information content (AvgIpc) is 3.41. The topological polar surface area (TPSA) is 117 Å². The highest BCUT2D eigenvalue weighted by Gasteiger charge is 2.53. The van der Waals surface area contributed by atoms with Gasteiger partial charge in [0.2, 0.25) is 11.8 Å². The van der Waals surface area contributed by atoms with Gasteiger partial charge in [0, 0.05) is 29.5 Å². The van der Waals surface area contributed by atoms with Crippen LogP contribution >= 0.6 is 0 Å². The van der Waals surface area contributed by atoms with Gasteiger partial charge in [0.1, 0.15) is 6.33 Å². The number of pyridine rings is 1. The third kappa shape index (κ3) is 5.31. The molecule has 49 heavy (non-hydrogen) atoms. The number of hydrogen-bond acceptors (Lipinski definition) is 7. The van der Waals surface area contributed by atoms with E-state index in [1.165, 1.54) is 9.58 Å². The first kappa shape index (κ1) is 31.1. The second-order valence-corrected chi connectivity index (χ2v) is 13.7. The Kier molecular flexibility index (Phi) is 7.83. The van der Waals surface area contributed by atoms with Gasteiger partial charge in [0.15, 0.2) is 0 Å². The lowest BCUT2D eigenvalue weighted by Gasteiger charge is -2.50. The Labute approximate surface area is 284 Å².